The number of hydrogen-bond acceptors (Lipinski definition) is 3. The second kappa shape index (κ2) is 3.28. The Bertz CT molecular complexity index is 430. The SMILES string of the molecule is CC(C)(C)S(=N)(=O)c1ccccc1O. The molecule has 0 aliphatic heterocycles. The van der Waals surface area contributed by atoms with Crippen molar-refractivity contribution >= 4 is 9.73 Å². The van der Waals surface area contributed by atoms with E-state index in [1.54, 1.807) is 32.9 Å². The van der Waals surface area contributed by atoms with Crippen LogP contribution in [-0.4, -0.2) is 14.1 Å². The Morgan fingerprint density at radius 2 is 1.79 bits per heavy atom. The van der Waals surface area contributed by atoms with Crippen LogP contribution in [0.2, 0.25) is 0 Å². The predicted molar refractivity (Wildman–Crippen MR) is 57.0 cm³/mol. The number of para-hydroxylation sites is 1. The molecule has 0 radical (unpaired) electrons. The molecule has 0 spiro atoms. The van der Waals surface area contributed by atoms with Gasteiger partial charge in [0.15, 0.2) is 0 Å². The van der Waals surface area contributed by atoms with Crippen molar-refractivity contribution in [1.29, 1.82) is 4.78 Å². The molecule has 0 saturated heterocycles. The summed E-state index contributed by atoms with van der Waals surface area (Å²) in [5.74, 6) is -0.0672. The van der Waals surface area contributed by atoms with E-state index in [0.29, 0.717) is 0 Å². The largest absolute Gasteiger partial charge is 0.507 e. The van der Waals surface area contributed by atoms with Crippen LogP contribution in [0.25, 0.3) is 0 Å². The summed E-state index contributed by atoms with van der Waals surface area (Å²) in [4.78, 5) is 0.215. The third kappa shape index (κ3) is 1.75. The van der Waals surface area contributed by atoms with Crippen molar-refractivity contribution in [3.05, 3.63) is 24.3 Å². The number of phenols is 1. The molecule has 1 rings (SSSR count). The number of aromatic hydroxyl groups is 1. The molecule has 1 aromatic rings. The van der Waals surface area contributed by atoms with E-state index in [-0.39, 0.29) is 10.6 Å². The van der Waals surface area contributed by atoms with Crippen LogP contribution in [0.1, 0.15) is 20.8 Å². The van der Waals surface area contributed by atoms with Gasteiger partial charge in [0.05, 0.1) is 19.4 Å². The minimum Gasteiger partial charge on any atom is -0.507 e. The monoisotopic (exact) mass is 213 g/mol. The normalized spacial score (nSPS) is 16.2. The summed E-state index contributed by atoms with van der Waals surface area (Å²) in [6.45, 7) is 5.19. The van der Waals surface area contributed by atoms with Crippen molar-refractivity contribution in [2.24, 2.45) is 0 Å². The molecule has 14 heavy (non-hydrogen) atoms. The van der Waals surface area contributed by atoms with Crippen molar-refractivity contribution in [2.75, 3.05) is 0 Å². The first-order chi connectivity index (χ1) is 6.27. The van der Waals surface area contributed by atoms with Gasteiger partial charge in [-0.15, -0.1) is 0 Å². The minimum absolute atomic E-state index is 0.0672. The quantitative estimate of drug-likeness (QED) is 0.753. The first-order valence-electron chi connectivity index (χ1n) is 4.33. The summed E-state index contributed by atoms with van der Waals surface area (Å²) >= 11 is 0. The lowest BCUT2D eigenvalue weighted by molar-refractivity contribution is 0.459. The second-order valence-electron chi connectivity index (χ2n) is 4.14. The summed E-state index contributed by atoms with van der Waals surface area (Å²) in [5.41, 5.74) is 0. The standard InChI is InChI=1S/C10H15NO2S/c1-10(2,3)14(11,13)9-7-5-4-6-8(9)12/h4-7,11-12H,1-3H3. The van der Waals surface area contributed by atoms with Gasteiger partial charge in [0.25, 0.3) is 0 Å². The van der Waals surface area contributed by atoms with Crippen LogP contribution in [0.4, 0.5) is 0 Å². The topological polar surface area (TPSA) is 61.2 Å². The molecule has 1 atom stereocenters. The van der Waals surface area contributed by atoms with E-state index in [2.05, 4.69) is 0 Å². The summed E-state index contributed by atoms with van der Waals surface area (Å²) in [6.07, 6.45) is 0. The minimum atomic E-state index is -2.96. The van der Waals surface area contributed by atoms with Crippen LogP contribution in [0.5, 0.6) is 5.75 Å². The van der Waals surface area contributed by atoms with Gasteiger partial charge in [0.1, 0.15) is 5.75 Å². The molecule has 0 heterocycles. The Kier molecular flexibility index (Phi) is 2.58. The van der Waals surface area contributed by atoms with Crippen molar-refractivity contribution in [3.63, 3.8) is 0 Å². The molecule has 0 aliphatic rings. The van der Waals surface area contributed by atoms with E-state index in [1.165, 1.54) is 12.1 Å². The third-order valence-corrected chi connectivity index (χ3v) is 4.73. The van der Waals surface area contributed by atoms with Gasteiger partial charge in [0, 0.05) is 0 Å². The van der Waals surface area contributed by atoms with E-state index >= 15 is 0 Å². The van der Waals surface area contributed by atoms with Gasteiger partial charge >= 0.3 is 0 Å². The molecule has 78 valence electrons. The average molecular weight is 213 g/mol. The number of phenolic OH excluding ortho intramolecular Hbond substituents is 1. The van der Waals surface area contributed by atoms with Crippen molar-refractivity contribution < 1.29 is 9.32 Å². The Labute approximate surface area is 84.8 Å². The van der Waals surface area contributed by atoms with E-state index in [4.69, 9.17) is 4.78 Å². The maximum atomic E-state index is 12.1. The Balaban J connectivity index is 3.40. The van der Waals surface area contributed by atoms with Crippen LogP contribution in [-0.2, 0) is 9.73 Å². The lowest BCUT2D eigenvalue weighted by Crippen LogP contribution is -2.26. The molecule has 1 aromatic carbocycles. The maximum absolute atomic E-state index is 12.1. The number of nitrogens with one attached hydrogen (secondary N) is 1. The van der Waals surface area contributed by atoms with E-state index in [0.717, 1.165) is 0 Å². The maximum Gasteiger partial charge on any atom is 0.132 e. The zero-order valence-electron chi connectivity index (χ0n) is 8.57. The van der Waals surface area contributed by atoms with Crippen LogP contribution in [0.15, 0.2) is 29.2 Å². The smallest absolute Gasteiger partial charge is 0.132 e. The van der Waals surface area contributed by atoms with Crippen LogP contribution in [0.3, 0.4) is 0 Å². The first-order valence-corrected chi connectivity index (χ1v) is 5.89. The highest BCUT2D eigenvalue weighted by molar-refractivity contribution is 7.93. The van der Waals surface area contributed by atoms with Crippen molar-refractivity contribution in [1.82, 2.24) is 0 Å². The Morgan fingerprint density at radius 1 is 1.29 bits per heavy atom. The van der Waals surface area contributed by atoms with Crippen molar-refractivity contribution in [3.8, 4) is 5.75 Å². The van der Waals surface area contributed by atoms with Gasteiger partial charge in [0.2, 0.25) is 0 Å². The van der Waals surface area contributed by atoms with Gasteiger partial charge in [-0.1, -0.05) is 12.1 Å². The van der Waals surface area contributed by atoms with Gasteiger partial charge in [-0.25, -0.2) is 8.99 Å². The number of benzene rings is 1. The molecule has 3 nitrogen and oxygen atoms in total. The highest BCUT2D eigenvalue weighted by Crippen LogP contribution is 2.31. The molecule has 0 amide bonds. The molecular formula is C10H15NO2S. The van der Waals surface area contributed by atoms with Crippen LogP contribution >= 0.6 is 0 Å². The van der Waals surface area contributed by atoms with E-state index in [9.17, 15) is 9.32 Å². The molecule has 0 bridgehead atoms. The fourth-order valence-corrected chi connectivity index (χ4v) is 2.32. The number of rotatable bonds is 1. The molecule has 2 N–H and O–H groups in total. The average Bonchev–Trinajstić information content (AvgIpc) is 2.02. The van der Waals surface area contributed by atoms with Gasteiger partial charge in [-0.2, -0.15) is 0 Å². The Morgan fingerprint density at radius 3 is 2.21 bits per heavy atom. The lowest BCUT2D eigenvalue weighted by atomic mass is 10.3. The molecule has 4 heteroatoms. The second-order valence-corrected chi connectivity index (χ2v) is 6.91. The fourth-order valence-electron chi connectivity index (χ4n) is 1.03. The molecule has 0 aliphatic carbocycles. The summed E-state index contributed by atoms with van der Waals surface area (Å²) in [7, 11) is -2.96. The molecule has 1 unspecified atom stereocenters. The molecule has 0 saturated carbocycles. The highest BCUT2D eigenvalue weighted by Gasteiger charge is 2.28. The van der Waals surface area contributed by atoms with E-state index < -0.39 is 14.5 Å². The first kappa shape index (κ1) is 11.0. The van der Waals surface area contributed by atoms with Gasteiger partial charge in [-0.3, -0.25) is 0 Å². The Hall–Kier alpha value is -1.03. The fraction of sp³-hybridized carbons (Fsp3) is 0.400. The molecule has 0 fully saturated rings. The zero-order valence-corrected chi connectivity index (χ0v) is 9.39. The van der Waals surface area contributed by atoms with E-state index in [1.807, 2.05) is 0 Å². The van der Waals surface area contributed by atoms with Crippen LogP contribution < -0.4 is 0 Å². The van der Waals surface area contributed by atoms with Gasteiger partial charge < -0.3 is 5.11 Å². The molecule has 0 aromatic heterocycles. The zero-order chi connectivity index (χ0) is 11.0. The molecular weight excluding hydrogens is 198 g/mol. The van der Waals surface area contributed by atoms with Crippen LogP contribution in [0, 0.1) is 4.78 Å². The predicted octanol–water partition coefficient (Wildman–Crippen LogP) is 2.60. The van der Waals surface area contributed by atoms with Crippen molar-refractivity contribution in [2.45, 2.75) is 30.4 Å². The summed E-state index contributed by atoms with van der Waals surface area (Å²) < 4.78 is 19.3. The summed E-state index contributed by atoms with van der Waals surface area (Å²) in [5, 5.41) is 9.51. The van der Waals surface area contributed by atoms with Gasteiger partial charge in [-0.05, 0) is 32.9 Å². The lowest BCUT2D eigenvalue weighted by Gasteiger charge is -2.23. The third-order valence-electron chi connectivity index (χ3n) is 2.04. The number of hydrogen-bond donors (Lipinski definition) is 2. The highest BCUT2D eigenvalue weighted by atomic mass is 32.2. The summed E-state index contributed by atoms with van der Waals surface area (Å²) in [6, 6.07) is 6.32.